The van der Waals surface area contributed by atoms with Crippen molar-refractivity contribution in [1.29, 1.82) is 0 Å². The van der Waals surface area contributed by atoms with Gasteiger partial charge in [-0.3, -0.25) is 14.9 Å². The molecule has 0 fully saturated rings. The monoisotopic (exact) mass is 322 g/mol. The molecular weight excluding hydrogens is 300 g/mol. The van der Waals surface area contributed by atoms with Gasteiger partial charge in [0.25, 0.3) is 5.91 Å². The van der Waals surface area contributed by atoms with Crippen LogP contribution in [0.4, 0.5) is 4.79 Å². The lowest BCUT2D eigenvalue weighted by molar-refractivity contribution is -0.154. The van der Waals surface area contributed by atoms with Crippen molar-refractivity contribution in [2.75, 3.05) is 6.61 Å². The van der Waals surface area contributed by atoms with E-state index < -0.39 is 24.0 Å². The number of hydrogen-bond donors (Lipinski definition) is 2. The zero-order valence-corrected chi connectivity index (χ0v) is 13.5. The van der Waals surface area contributed by atoms with Crippen molar-refractivity contribution in [2.45, 2.75) is 39.3 Å². The minimum atomic E-state index is -1.06. The summed E-state index contributed by atoms with van der Waals surface area (Å²) in [6.07, 6.45) is -1.05. The Labute approximate surface area is 135 Å². The van der Waals surface area contributed by atoms with Gasteiger partial charge in [-0.1, -0.05) is 18.2 Å². The van der Waals surface area contributed by atoms with E-state index in [-0.39, 0.29) is 19.1 Å². The summed E-state index contributed by atoms with van der Waals surface area (Å²) in [5.74, 6) is -0.607. The molecule has 0 radical (unpaired) electrons. The number of para-hydroxylation sites is 1. The summed E-state index contributed by atoms with van der Waals surface area (Å²) in [5.41, 5.74) is 0. The molecule has 0 spiro atoms. The van der Waals surface area contributed by atoms with Crippen LogP contribution in [-0.4, -0.2) is 36.7 Å². The summed E-state index contributed by atoms with van der Waals surface area (Å²) in [7, 11) is 0. The fourth-order valence-electron chi connectivity index (χ4n) is 1.59. The standard InChI is InChI=1S/C16H22N2O5/c1-11(2)17-16(21)18-15(20)12(3)23-14(19)9-10-22-13-7-5-4-6-8-13/h4-8,11-12H,9-10H2,1-3H3,(H2,17,18,20,21)/t12-/m0/s1. The van der Waals surface area contributed by atoms with Gasteiger partial charge in [0.1, 0.15) is 5.75 Å². The number of benzene rings is 1. The highest BCUT2D eigenvalue weighted by molar-refractivity contribution is 5.97. The fourth-order valence-corrected chi connectivity index (χ4v) is 1.59. The highest BCUT2D eigenvalue weighted by Crippen LogP contribution is 2.08. The van der Waals surface area contributed by atoms with Gasteiger partial charge in [0, 0.05) is 6.04 Å². The Kier molecular flexibility index (Phi) is 7.59. The predicted octanol–water partition coefficient (Wildman–Crippen LogP) is 1.62. The zero-order chi connectivity index (χ0) is 17.2. The van der Waals surface area contributed by atoms with E-state index in [1.54, 1.807) is 26.0 Å². The van der Waals surface area contributed by atoms with E-state index in [0.717, 1.165) is 0 Å². The van der Waals surface area contributed by atoms with Crippen LogP contribution in [-0.2, 0) is 14.3 Å². The molecule has 23 heavy (non-hydrogen) atoms. The quantitative estimate of drug-likeness (QED) is 0.744. The molecule has 126 valence electrons. The van der Waals surface area contributed by atoms with E-state index in [4.69, 9.17) is 9.47 Å². The lowest BCUT2D eigenvalue weighted by atomic mass is 10.3. The molecule has 0 heterocycles. The molecular formula is C16H22N2O5. The van der Waals surface area contributed by atoms with Crippen LogP contribution in [0, 0.1) is 0 Å². The van der Waals surface area contributed by atoms with E-state index in [1.807, 2.05) is 18.2 Å². The van der Waals surface area contributed by atoms with Crippen LogP contribution in [0.2, 0.25) is 0 Å². The van der Waals surface area contributed by atoms with Crippen molar-refractivity contribution in [3.8, 4) is 5.75 Å². The average molecular weight is 322 g/mol. The van der Waals surface area contributed by atoms with Gasteiger partial charge in [-0.2, -0.15) is 0 Å². The van der Waals surface area contributed by atoms with Crippen molar-refractivity contribution in [3.63, 3.8) is 0 Å². The Morgan fingerprint density at radius 2 is 1.74 bits per heavy atom. The zero-order valence-electron chi connectivity index (χ0n) is 13.5. The van der Waals surface area contributed by atoms with E-state index in [2.05, 4.69) is 10.6 Å². The average Bonchev–Trinajstić information content (AvgIpc) is 2.47. The first kappa shape index (κ1) is 18.5. The molecule has 7 heteroatoms. The van der Waals surface area contributed by atoms with Crippen molar-refractivity contribution >= 4 is 17.9 Å². The van der Waals surface area contributed by atoms with E-state index in [9.17, 15) is 14.4 Å². The number of ether oxygens (including phenoxy) is 2. The highest BCUT2D eigenvalue weighted by Gasteiger charge is 2.20. The number of esters is 1. The Balaban J connectivity index is 2.27. The molecule has 1 rings (SSSR count). The molecule has 1 aromatic rings. The Hall–Kier alpha value is -2.57. The van der Waals surface area contributed by atoms with Gasteiger partial charge in [0.05, 0.1) is 13.0 Å². The molecule has 0 aliphatic carbocycles. The number of hydrogen-bond acceptors (Lipinski definition) is 5. The number of imide groups is 1. The second kappa shape index (κ2) is 9.45. The number of carbonyl (C=O) groups is 3. The van der Waals surface area contributed by atoms with Crippen LogP contribution < -0.4 is 15.4 Å². The molecule has 0 bridgehead atoms. The first-order valence-corrected chi connectivity index (χ1v) is 7.37. The summed E-state index contributed by atoms with van der Waals surface area (Å²) in [6, 6.07) is 8.32. The van der Waals surface area contributed by atoms with E-state index >= 15 is 0 Å². The third-order valence-electron chi connectivity index (χ3n) is 2.65. The van der Waals surface area contributed by atoms with Gasteiger partial charge in [-0.25, -0.2) is 4.79 Å². The fraction of sp³-hybridized carbons (Fsp3) is 0.438. The molecule has 0 saturated carbocycles. The highest BCUT2D eigenvalue weighted by atomic mass is 16.5. The summed E-state index contributed by atoms with van der Waals surface area (Å²) >= 11 is 0. The number of nitrogens with one attached hydrogen (secondary N) is 2. The van der Waals surface area contributed by atoms with Crippen LogP contribution in [0.15, 0.2) is 30.3 Å². The normalized spacial score (nSPS) is 11.5. The molecule has 0 saturated heterocycles. The van der Waals surface area contributed by atoms with Gasteiger partial charge < -0.3 is 14.8 Å². The van der Waals surface area contributed by atoms with Crippen LogP contribution >= 0.6 is 0 Å². The van der Waals surface area contributed by atoms with Crippen LogP contribution in [0.1, 0.15) is 27.2 Å². The molecule has 0 aromatic heterocycles. The van der Waals surface area contributed by atoms with E-state index in [0.29, 0.717) is 5.75 Å². The van der Waals surface area contributed by atoms with Gasteiger partial charge in [0.15, 0.2) is 6.10 Å². The van der Waals surface area contributed by atoms with Gasteiger partial charge in [-0.05, 0) is 32.9 Å². The first-order chi connectivity index (χ1) is 10.9. The third kappa shape index (κ3) is 7.85. The van der Waals surface area contributed by atoms with Gasteiger partial charge in [0.2, 0.25) is 0 Å². The number of amides is 3. The van der Waals surface area contributed by atoms with Crippen LogP contribution in [0.3, 0.4) is 0 Å². The smallest absolute Gasteiger partial charge is 0.321 e. The molecule has 3 amide bonds. The van der Waals surface area contributed by atoms with Crippen LogP contribution in [0.25, 0.3) is 0 Å². The van der Waals surface area contributed by atoms with Crippen molar-refractivity contribution in [1.82, 2.24) is 10.6 Å². The maximum absolute atomic E-state index is 11.7. The Morgan fingerprint density at radius 1 is 1.09 bits per heavy atom. The molecule has 0 aliphatic heterocycles. The molecule has 1 aromatic carbocycles. The summed E-state index contributed by atoms with van der Waals surface area (Å²) in [5, 5.41) is 4.60. The molecule has 0 aliphatic rings. The topological polar surface area (TPSA) is 93.7 Å². The second-order valence-electron chi connectivity index (χ2n) is 5.16. The summed E-state index contributed by atoms with van der Waals surface area (Å²) in [6.45, 7) is 5.07. The molecule has 0 unspecified atom stereocenters. The summed E-state index contributed by atoms with van der Waals surface area (Å²) in [4.78, 5) is 34.7. The minimum absolute atomic E-state index is 0.00467. The number of urea groups is 1. The maximum Gasteiger partial charge on any atom is 0.321 e. The summed E-state index contributed by atoms with van der Waals surface area (Å²) < 4.78 is 10.3. The Bertz CT molecular complexity index is 531. The van der Waals surface area contributed by atoms with Crippen molar-refractivity contribution < 1.29 is 23.9 Å². The molecule has 7 nitrogen and oxygen atoms in total. The SMILES string of the molecule is CC(C)NC(=O)NC(=O)[C@H](C)OC(=O)CCOc1ccccc1. The van der Waals surface area contributed by atoms with Crippen molar-refractivity contribution in [2.24, 2.45) is 0 Å². The number of carbonyl (C=O) groups excluding carboxylic acids is 3. The first-order valence-electron chi connectivity index (χ1n) is 7.37. The maximum atomic E-state index is 11.7. The van der Waals surface area contributed by atoms with Crippen LogP contribution in [0.5, 0.6) is 5.75 Å². The minimum Gasteiger partial charge on any atom is -0.493 e. The molecule has 2 N–H and O–H groups in total. The van der Waals surface area contributed by atoms with E-state index in [1.165, 1.54) is 6.92 Å². The largest absolute Gasteiger partial charge is 0.493 e. The number of rotatable bonds is 7. The third-order valence-corrected chi connectivity index (χ3v) is 2.65. The predicted molar refractivity (Wildman–Crippen MR) is 83.9 cm³/mol. The Morgan fingerprint density at radius 3 is 2.35 bits per heavy atom. The lowest BCUT2D eigenvalue weighted by Gasteiger charge is -2.14. The lowest BCUT2D eigenvalue weighted by Crippen LogP contribution is -2.46. The van der Waals surface area contributed by atoms with Gasteiger partial charge >= 0.3 is 12.0 Å². The van der Waals surface area contributed by atoms with Crippen molar-refractivity contribution in [3.05, 3.63) is 30.3 Å². The van der Waals surface area contributed by atoms with Gasteiger partial charge in [-0.15, -0.1) is 0 Å². The molecule has 1 atom stereocenters. The second-order valence-corrected chi connectivity index (χ2v) is 5.16.